The maximum Gasteiger partial charge on any atom is 0.203 e. The van der Waals surface area contributed by atoms with Crippen molar-refractivity contribution in [1.29, 1.82) is 0 Å². The summed E-state index contributed by atoms with van der Waals surface area (Å²) in [7, 11) is 4.58. The van der Waals surface area contributed by atoms with Crippen LogP contribution in [0.5, 0.6) is 17.2 Å². The van der Waals surface area contributed by atoms with Gasteiger partial charge in [0.25, 0.3) is 0 Å². The van der Waals surface area contributed by atoms with Gasteiger partial charge >= 0.3 is 0 Å². The Morgan fingerprint density at radius 1 is 1.05 bits per heavy atom. The molecule has 0 N–H and O–H groups in total. The number of carbonyl (C=O) groups excluding carboxylic acids is 1. The second-order valence-corrected chi connectivity index (χ2v) is 6.90. The lowest BCUT2D eigenvalue weighted by molar-refractivity contribution is 0.103. The maximum absolute atomic E-state index is 12.7. The lowest BCUT2D eigenvalue weighted by Gasteiger charge is -2.13. The number of thiophene rings is 1. The first-order valence-electron chi connectivity index (χ1n) is 6.12. The van der Waals surface area contributed by atoms with Gasteiger partial charge in [0.1, 0.15) is 0 Å². The summed E-state index contributed by atoms with van der Waals surface area (Å²) in [4.78, 5) is 13.6. The Labute approximate surface area is 135 Å². The normalized spacial score (nSPS) is 10.3. The minimum Gasteiger partial charge on any atom is -0.493 e. The molecular formula is C15H15BrO4S. The van der Waals surface area contributed by atoms with E-state index in [0.29, 0.717) is 28.4 Å². The molecule has 2 rings (SSSR count). The van der Waals surface area contributed by atoms with Crippen LogP contribution in [0, 0.1) is 6.92 Å². The van der Waals surface area contributed by atoms with Crippen LogP contribution in [0.15, 0.2) is 22.0 Å². The maximum atomic E-state index is 12.7. The highest BCUT2D eigenvalue weighted by molar-refractivity contribution is 9.11. The first kappa shape index (κ1) is 15.9. The summed E-state index contributed by atoms with van der Waals surface area (Å²) >= 11 is 4.93. The van der Waals surface area contributed by atoms with Crippen molar-refractivity contribution in [2.45, 2.75) is 6.92 Å². The zero-order valence-corrected chi connectivity index (χ0v) is 14.6. The Balaban J connectivity index is 2.53. The number of halogens is 1. The molecule has 0 fully saturated rings. The summed E-state index contributed by atoms with van der Waals surface area (Å²) in [6, 6.07) is 5.15. The van der Waals surface area contributed by atoms with E-state index in [1.165, 1.54) is 32.7 Å². The van der Waals surface area contributed by atoms with Gasteiger partial charge in [0.15, 0.2) is 17.3 Å². The van der Waals surface area contributed by atoms with Crippen LogP contribution in [0.1, 0.15) is 20.8 Å². The Morgan fingerprint density at radius 2 is 1.62 bits per heavy atom. The fraction of sp³-hybridized carbons (Fsp3) is 0.267. The van der Waals surface area contributed by atoms with Crippen LogP contribution in [-0.2, 0) is 0 Å². The summed E-state index contributed by atoms with van der Waals surface area (Å²) < 4.78 is 16.7. The fourth-order valence-corrected chi connectivity index (χ4v) is 3.73. The lowest BCUT2D eigenvalue weighted by atomic mass is 10.0. The molecule has 1 aromatic carbocycles. The Kier molecular flexibility index (Phi) is 4.90. The van der Waals surface area contributed by atoms with Crippen molar-refractivity contribution in [1.82, 2.24) is 0 Å². The molecule has 0 amide bonds. The average molecular weight is 371 g/mol. The van der Waals surface area contributed by atoms with E-state index in [4.69, 9.17) is 14.2 Å². The summed E-state index contributed by atoms with van der Waals surface area (Å²) in [5, 5.41) is 0. The van der Waals surface area contributed by atoms with Crippen LogP contribution in [0.4, 0.5) is 0 Å². The van der Waals surface area contributed by atoms with E-state index in [9.17, 15) is 4.79 Å². The summed E-state index contributed by atoms with van der Waals surface area (Å²) in [6.45, 7) is 1.92. The molecule has 6 heteroatoms. The van der Waals surface area contributed by atoms with Crippen LogP contribution >= 0.6 is 27.3 Å². The van der Waals surface area contributed by atoms with Gasteiger partial charge in [-0.2, -0.15) is 0 Å². The third kappa shape index (κ3) is 3.06. The molecule has 1 heterocycles. The number of ketones is 1. The van der Waals surface area contributed by atoms with Gasteiger partial charge in [-0.1, -0.05) is 0 Å². The standard InChI is InChI=1S/C15H15BrO4S/c1-8-10(7-13(16)21-8)14(17)9-5-11(18-2)15(20-4)12(6-9)19-3/h5-7H,1-4H3. The van der Waals surface area contributed by atoms with Gasteiger partial charge in [-0.15, -0.1) is 11.3 Å². The molecular weight excluding hydrogens is 356 g/mol. The first-order valence-corrected chi connectivity index (χ1v) is 7.73. The first-order chi connectivity index (χ1) is 10.0. The molecule has 0 saturated carbocycles. The quantitative estimate of drug-likeness (QED) is 0.743. The zero-order valence-electron chi connectivity index (χ0n) is 12.2. The van der Waals surface area contributed by atoms with Crippen molar-refractivity contribution < 1.29 is 19.0 Å². The van der Waals surface area contributed by atoms with E-state index in [1.807, 2.05) is 13.0 Å². The molecule has 2 aromatic rings. The largest absolute Gasteiger partial charge is 0.493 e. The van der Waals surface area contributed by atoms with Crippen LogP contribution in [0.25, 0.3) is 0 Å². The highest BCUT2D eigenvalue weighted by Gasteiger charge is 2.20. The van der Waals surface area contributed by atoms with E-state index in [-0.39, 0.29) is 5.78 Å². The predicted molar refractivity (Wildman–Crippen MR) is 86.3 cm³/mol. The number of carbonyl (C=O) groups is 1. The van der Waals surface area contributed by atoms with Gasteiger partial charge < -0.3 is 14.2 Å². The van der Waals surface area contributed by atoms with E-state index >= 15 is 0 Å². The van der Waals surface area contributed by atoms with Crippen LogP contribution in [0.2, 0.25) is 0 Å². The average Bonchev–Trinajstić information content (AvgIpc) is 2.83. The van der Waals surface area contributed by atoms with Crippen LogP contribution < -0.4 is 14.2 Å². The van der Waals surface area contributed by atoms with E-state index < -0.39 is 0 Å². The molecule has 1 aromatic heterocycles. The van der Waals surface area contributed by atoms with Crippen molar-refractivity contribution in [2.24, 2.45) is 0 Å². The van der Waals surface area contributed by atoms with E-state index in [1.54, 1.807) is 12.1 Å². The number of benzene rings is 1. The van der Waals surface area contributed by atoms with Gasteiger partial charge in [-0.05, 0) is 41.1 Å². The Bertz CT molecular complexity index is 653. The smallest absolute Gasteiger partial charge is 0.203 e. The molecule has 0 aliphatic heterocycles. The number of aryl methyl sites for hydroxylation is 1. The third-order valence-corrected chi connectivity index (χ3v) is 4.61. The van der Waals surface area contributed by atoms with Crippen molar-refractivity contribution >= 4 is 33.0 Å². The third-order valence-electron chi connectivity index (χ3n) is 3.06. The molecule has 0 aliphatic rings. The van der Waals surface area contributed by atoms with Crippen molar-refractivity contribution in [2.75, 3.05) is 21.3 Å². The number of hydrogen-bond donors (Lipinski definition) is 0. The SMILES string of the molecule is COc1cc(C(=O)c2cc(Br)sc2C)cc(OC)c1OC. The Hall–Kier alpha value is -1.53. The topological polar surface area (TPSA) is 44.8 Å². The molecule has 0 atom stereocenters. The second-order valence-electron chi connectivity index (χ2n) is 4.26. The van der Waals surface area contributed by atoms with Gasteiger partial charge in [-0.25, -0.2) is 0 Å². The lowest BCUT2D eigenvalue weighted by Crippen LogP contribution is -2.04. The van der Waals surface area contributed by atoms with Gasteiger partial charge in [0.05, 0.1) is 25.1 Å². The number of rotatable bonds is 5. The molecule has 21 heavy (non-hydrogen) atoms. The van der Waals surface area contributed by atoms with Crippen molar-refractivity contribution in [3.63, 3.8) is 0 Å². The summed E-state index contributed by atoms with van der Waals surface area (Å²) in [5.41, 5.74) is 1.17. The van der Waals surface area contributed by atoms with Gasteiger partial charge in [0, 0.05) is 16.0 Å². The van der Waals surface area contributed by atoms with Crippen molar-refractivity contribution in [3.8, 4) is 17.2 Å². The predicted octanol–water partition coefficient (Wildman–Crippen LogP) is 4.08. The van der Waals surface area contributed by atoms with E-state index in [2.05, 4.69) is 15.9 Å². The van der Waals surface area contributed by atoms with Gasteiger partial charge in [0.2, 0.25) is 5.75 Å². The molecule has 0 bridgehead atoms. The Morgan fingerprint density at radius 3 is 2.00 bits per heavy atom. The number of methoxy groups -OCH3 is 3. The second kappa shape index (κ2) is 6.49. The van der Waals surface area contributed by atoms with Crippen LogP contribution in [-0.4, -0.2) is 27.1 Å². The van der Waals surface area contributed by atoms with E-state index in [0.717, 1.165) is 8.66 Å². The molecule has 0 unspecified atom stereocenters. The van der Waals surface area contributed by atoms with Gasteiger partial charge in [-0.3, -0.25) is 4.79 Å². The molecule has 4 nitrogen and oxygen atoms in total. The molecule has 0 saturated heterocycles. The molecule has 112 valence electrons. The summed E-state index contributed by atoms with van der Waals surface area (Å²) in [6.07, 6.45) is 0. The zero-order chi connectivity index (χ0) is 15.6. The van der Waals surface area contributed by atoms with Crippen molar-refractivity contribution in [3.05, 3.63) is 38.0 Å². The molecule has 0 radical (unpaired) electrons. The fourth-order valence-electron chi connectivity index (χ4n) is 2.04. The number of ether oxygens (including phenoxy) is 3. The highest BCUT2D eigenvalue weighted by atomic mass is 79.9. The summed E-state index contributed by atoms with van der Waals surface area (Å²) in [5.74, 6) is 1.33. The molecule has 0 spiro atoms. The monoisotopic (exact) mass is 370 g/mol. The molecule has 0 aliphatic carbocycles. The minimum absolute atomic E-state index is 0.0753. The number of hydrogen-bond acceptors (Lipinski definition) is 5. The van der Waals surface area contributed by atoms with Crippen LogP contribution in [0.3, 0.4) is 0 Å². The highest BCUT2D eigenvalue weighted by Crippen LogP contribution is 2.39. The minimum atomic E-state index is -0.0753.